The van der Waals surface area contributed by atoms with Crippen LogP contribution in [0.1, 0.15) is 32.1 Å². The Balaban J connectivity index is 1.91. The van der Waals surface area contributed by atoms with Gasteiger partial charge in [0.05, 0.1) is 0 Å². The monoisotopic (exact) mass is 259 g/mol. The van der Waals surface area contributed by atoms with Crippen molar-refractivity contribution >= 4 is 11.8 Å². The van der Waals surface area contributed by atoms with Crippen LogP contribution in [0.3, 0.4) is 0 Å². The molecule has 2 heterocycles. The van der Waals surface area contributed by atoms with Gasteiger partial charge in [0.1, 0.15) is 0 Å². The highest BCUT2D eigenvalue weighted by Crippen LogP contribution is 2.38. The first kappa shape index (κ1) is 12.3. The molecule has 0 amide bonds. The van der Waals surface area contributed by atoms with E-state index >= 15 is 0 Å². The zero-order chi connectivity index (χ0) is 12.2. The molecule has 0 saturated carbocycles. The Hall–Kier alpha value is -0.730. The molecule has 0 aromatic rings. The number of hydrogen-bond donors (Lipinski definition) is 1. The van der Waals surface area contributed by atoms with Gasteiger partial charge < -0.3 is 5.32 Å². The molecule has 2 heteroatoms. The van der Waals surface area contributed by atoms with Crippen molar-refractivity contribution in [2.45, 2.75) is 37.4 Å². The van der Waals surface area contributed by atoms with Crippen LogP contribution in [0.2, 0.25) is 0 Å². The molecular weight excluding hydrogens is 238 g/mol. The highest BCUT2D eigenvalue weighted by Gasteiger charge is 2.23. The van der Waals surface area contributed by atoms with Crippen LogP contribution < -0.4 is 5.32 Å². The predicted molar refractivity (Wildman–Crippen MR) is 80.7 cm³/mol. The summed E-state index contributed by atoms with van der Waals surface area (Å²) < 4.78 is 0. The third-order valence-electron chi connectivity index (χ3n) is 3.91. The summed E-state index contributed by atoms with van der Waals surface area (Å²) in [6, 6.07) is 0. The van der Waals surface area contributed by atoms with Crippen LogP contribution in [0, 0.1) is 0 Å². The lowest BCUT2D eigenvalue weighted by molar-refractivity contribution is 0.603. The number of allylic oxidation sites excluding steroid dienone is 5. The van der Waals surface area contributed by atoms with E-state index in [1.807, 2.05) is 11.8 Å². The van der Waals surface area contributed by atoms with Gasteiger partial charge in [0.25, 0.3) is 0 Å². The fraction of sp³-hybridized carbons (Fsp3) is 0.500. The predicted octanol–water partition coefficient (Wildman–Crippen LogP) is 3.96. The summed E-state index contributed by atoms with van der Waals surface area (Å²) in [5.74, 6) is 0. The Morgan fingerprint density at radius 2 is 2.06 bits per heavy atom. The minimum atomic E-state index is 0.673. The molecule has 1 N–H and O–H groups in total. The molecule has 0 aromatic carbocycles. The van der Waals surface area contributed by atoms with E-state index in [1.165, 1.54) is 37.7 Å². The summed E-state index contributed by atoms with van der Waals surface area (Å²) in [5.41, 5.74) is 4.87. The van der Waals surface area contributed by atoms with Crippen molar-refractivity contribution in [3.63, 3.8) is 0 Å². The van der Waals surface area contributed by atoms with Crippen LogP contribution >= 0.6 is 11.8 Å². The van der Waals surface area contributed by atoms with E-state index in [-0.39, 0.29) is 0 Å². The number of thioether (sulfide) groups is 1. The molecule has 2 aliphatic heterocycles. The average molecular weight is 259 g/mol. The van der Waals surface area contributed by atoms with E-state index in [9.17, 15) is 0 Å². The van der Waals surface area contributed by atoms with Crippen LogP contribution in [0.25, 0.3) is 0 Å². The first-order chi connectivity index (χ1) is 8.95. The van der Waals surface area contributed by atoms with Gasteiger partial charge in [0.2, 0.25) is 0 Å². The van der Waals surface area contributed by atoms with E-state index in [0.29, 0.717) is 5.25 Å². The maximum Gasteiger partial charge on any atom is 0.0378 e. The maximum absolute atomic E-state index is 3.47. The van der Waals surface area contributed by atoms with E-state index < -0.39 is 0 Å². The van der Waals surface area contributed by atoms with Gasteiger partial charge >= 0.3 is 0 Å². The SMILES string of the molecule is C1=CC(C(=C2CCNCC2)C2CC=CS2)=CCC1. The lowest BCUT2D eigenvalue weighted by Gasteiger charge is -2.25. The first-order valence-corrected chi connectivity index (χ1v) is 7.99. The third kappa shape index (κ3) is 2.65. The van der Waals surface area contributed by atoms with Crippen molar-refractivity contribution in [3.8, 4) is 0 Å². The normalized spacial score (nSPS) is 27.4. The van der Waals surface area contributed by atoms with Gasteiger partial charge in [-0.15, -0.1) is 11.8 Å². The fourth-order valence-corrected chi connectivity index (χ4v) is 4.07. The second-order valence-corrected chi connectivity index (χ2v) is 6.25. The van der Waals surface area contributed by atoms with Gasteiger partial charge in [-0.1, -0.05) is 29.9 Å². The van der Waals surface area contributed by atoms with E-state index in [1.54, 1.807) is 11.1 Å². The van der Waals surface area contributed by atoms with Crippen molar-refractivity contribution in [1.29, 1.82) is 0 Å². The number of nitrogens with one attached hydrogen (secondary N) is 1. The van der Waals surface area contributed by atoms with Crippen LogP contribution in [-0.4, -0.2) is 18.3 Å². The molecular formula is C16H21NS. The Labute approximate surface area is 114 Å². The minimum absolute atomic E-state index is 0.673. The first-order valence-electron chi connectivity index (χ1n) is 7.05. The summed E-state index contributed by atoms with van der Waals surface area (Å²) in [4.78, 5) is 0. The van der Waals surface area contributed by atoms with Gasteiger partial charge in [0, 0.05) is 5.25 Å². The lowest BCUT2D eigenvalue weighted by Crippen LogP contribution is -2.25. The number of rotatable bonds is 2. The molecule has 1 saturated heterocycles. The standard InChI is InChI=1S/C16H21NS/c1-2-5-13(6-3-1)16(15-7-4-12-18-15)14-8-10-17-11-9-14/h2,4-6,12,15,17H,1,3,7-11H2. The maximum atomic E-state index is 3.47. The summed E-state index contributed by atoms with van der Waals surface area (Å²) in [5, 5.41) is 6.42. The van der Waals surface area contributed by atoms with Crippen LogP contribution in [0.15, 0.2) is 46.4 Å². The average Bonchev–Trinajstić information content (AvgIpc) is 2.95. The second-order valence-electron chi connectivity index (χ2n) is 5.14. The van der Waals surface area contributed by atoms with Crippen molar-refractivity contribution < 1.29 is 0 Å². The van der Waals surface area contributed by atoms with Gasteiger partial charge in [-0.05, 0) is 61.7 Å². The molecule has 96 valence electrons. The zero-order valence-electron chi connectivity index (χ0n) is 10.8. The molecule has 1 fully saturated rings. The molecule has 18 heavy (non-hydrogen) atoms. The van der Waals surface area contributed by atoms with Crippen LogP contribution in [0.4, 0.5) is 0 Å². The third-order valence-corrected chi connectivity index (χ3v) is 5.01. The second kappa shape index (κ2) is 5.94. The molecule has 3 aliphatic rings. The van der Waals surface area contributed by atoms with Crippen molar-refractivity contribution in [2.24, 2.45) is 0 Å². The smallest absolute Gasteiger partial charge is 0.0378 e. The molecule has 0 radical (unpaired) electrons. The zero-order valence-corrected chi connectivity index (χ0v) is 11.6. The summed E-state index contributed by atoms with van der Waals surface area (Å²) in [6.45, 7) is 2.31. The van der Waals surface area contributed by atoms with Crippen LogP contribution in [0.5, 0.6) is 0 Å². The Kier molecular flexibility index (Phi) is 4.06. The van der Waals surface area contributed by atoms with Crippen LogP contribution in [-0.2, 0) is 0 Å². The van der Waals surface area contributed by atoms with E-state index in [0.717, 1.165) is 13.1 Å². The van der Waals surface area contributed by atoms with Gasteiger partial charge in [-0.2, -0.15) is 0 Å². The topological polar surface area (TPSA) is 12.0 Å². The Morgan fingerprint density at radius 3 is 2.72 bits per heavy atom. The number of piperidine rings is 1. The Morgan fingerprint density at radius 1 is 1.17 bits per heavy atom. The van der Waals surface area contributed by atoms with Gasteiger partial charge in [-0.25, -0.2) is 0 Å². The quantitative estimate of drug-likeness (QED) is 0.805. The molecule has 0 spiro atoms. The molecule has 3 rings (SSSR count). The molecule has 1 atom stereocenters. The summed E-state index contributed by atoms with van der Waals surface area (Å²) in [6.07, 6.45) is 15.6. The minimum Gasteiger partial charge on any atom is -0.316 e. The molecule has 1 nitrogen and oxygen atoms in total. The van der Waals surface area contributed by atoms with E-state index in [4.69, 9.17) is 0 Å². The highest BCUT2D eigenvalue weighted by molar-refractivity contribution is 8.03. The molecule has 1 unspecified atom stereocenters. The van der Waals surface area contributed by atoms with Crippen molar-refractivity contribution in [3.05, 3.63) is 46.4 Å². The van der Waals surface area contributed by atoms with Crippen molar-refractivity contribution in [2.75, 3.05) is 13.1 Å². The molecule has 0 aromatic heterocycles. The lowest BCUT2D eigenvalue weighted by atomic mass is 9.88. The molecule has 1 aliphatic carbocycles. The summed E-state index contributed by atoms with van der Waals surface area (Å²) in [7, 11) is 0. The Bertz CT molecular complexity index is 412. The largest absolute Gasteiger partial charge is 0.316 e. The van der Waals surface area contributed by atoms with Crippen molar-refractivity contribution in [1.82, 2.24) is 5.32 Å². The van der Waals surface area contributed by atoms with Gasteiger partial charge in [0.15, 0.2) is 0 Å². The highest BCUT2D eigenvalue weighted by atomic mass is 32.2. The van der Waals surface area contributed by atoms with Gasteiger partial charge in [-0.3, -0.25) is 0 Å². The molecule has 0 bridgehead atoms. The van der Waals surface area contributed by atoms with E-state index in [2.05, 4.69) is 35.0 Å². The summed E-state index contributed by atoms with van der Waals surface area (Å²) >= 11 is 2.00. The fourth-order valence-electron chi connectivity index (χ4n) is 3.00. The number of hydrogen-bond acceptors (Lipinski definition) is 2.